The molecule has 2 N–H and O–H groups in total. The van der Waals surface area contributed by atoms with Crippen molar-refractivity contribution in [3.8, 4) is 0 Å². The molecule has 0 amide bonds. The van der Waals surface area contributed by atoms with Crippen LogP contribution in [0, 0.1) is 6.92 Å². The number of nitrogens with zero attached hydrogens (tertiary/aromatic N) is 3. The molecule has 0 aromatic heterocycles. The third-order valence-electron chi connectivity index (χ3n) is 5.07. The fraction of sp³-hybridized carbons (Fsp3) is 0.565. The number of carbonyl (C=O) groups is 2. The molecule has 7 nitrogen and oxygen atoms in total. The number of aliphatic carboxylic acids is 1. The summed E-state index contributed by atoms with van der Waals surface area (Å²) in [5.41, 5.74) is 2.43. The van der Waals surface area contributed by atoms with Crippen LogP contribution in [0.15, 0.2) is 36.9 Å². The Kier molecular flexibility index (Phi) is 14.7. The van der Waals surface area contributed by atoms with Crippen molar-refractivity contribution >= 4 is 12.3 Å². The first-order valence-electron chi connectivity index (χ1n) is 9.97. The number of carbonyl (C=O) groups excluding carboxylic acids is 1. The van der Waals surface area contributed by atoms with Crippen LogP contribution in [-0.2, 0) is 16.0 Å². The molecule has 1 aromatic carbocycles. The maximum atomic E-state index is 11.5. The quantitative estimate of drug-likeness (QED) is 0.487. The number of rotatable bonds is 8. The molecule has 1 heterocycles. The minimum atomic E-state index is -0.819. The van der Waals surface area contributed by atoms with E-state index in [0.717, 1.165) is 46.0 Å². The van der Waals surface area contributed by atoms with E-state index in [0.29, 0.717) is 19.6 Å². The third-order valence-corrected chi connectivity index (χ3v) is 5.07. The number of aryl methyl sites for hydroxylation is 1. The first-order valence-corrected chi connectivity index (χ1v) is 9.97. The summed E-state index contributed by atoms with van der Waals surface area (Å²) in [5, 5.41) is 16.4. The first kappa shape index (κ1) is 27.9. The predicted molar refractivity (Wildman–Crippen MR) is 122 cm³/mol. The van der Waals surface area contributed by atoms with E-state index in [1.54, 1.807) is 0 Å². The van der Waals surface area contributed by atoms with Crippen LogP contribution < -0.4 is 0 Å². The van der Waals surface area contributed by atoms with Gasteiger partial charge in [-0.3, -0.25) is 19.5 Å². The van der Waals surface area contributed by atoms with Gasteiger partial charge in [-0.1, -0.05) is 43.3 Å². The molecule has 0 aliphatic carbocycles. The Hall–Kier alpha value is -2.06. The lowest BCUT2D eigenvalue weighted by Gasteiger charge is -2.33. The SMILES string of the molecule is C.C=CCN1CCN(CC=O)CCN(CC(=O)O)C(Cc2ccc(C)cc2)C1.CO. The summed E-state index contributed by atoms with van der Waals surface area (Å²) in [4.78, 5) is 28.9. The first-order chi connectivity index (χ1) is 14.0. The third kappa shape index (κ3) is 10.1. The van der Waals surface area contributed by atoms with E-state index in [9.17, 15) is 14.7 Å². The second-order valence-electron chi connectivity index (χ2n) is 7.22. The smallest absolute Gasteiger partial charge is 0.317 e. The Morgan fingerprint density at radius 3 is 2.27 bits per heavy atom. The van der Waals surface area contributed by atoms with E-state index in [1.165, 1.54) is 11.1 Å². The largest absolute Gasteiger partial charge is 0.480 e. The fourth-order valence-corrected chi connectivity index (χ4v) is 3.56. The molecule has 7 heteroatoms. The second-order valence-corrected chi connectivity index (χ2v) is 7.22. The molecular weight excluding hydrogens is 382 g/mol. The molecule has 1 fully saturated rings. The van der Waals surface area contributed by atoms with Crippen LogP contribution in [0.3, 0.4) is 0 Å². The van der Waals surface area contributed by atoms with Gasteiger partial charge in [0.15, 0.2) is 0 Å². The lowest BCUT2D eigenvalue weighted by molar-refractivity contribution is -0.139. The molecule has 1 aromatic rings. The van der Waals surface area contributed by atoms with Crippen molar-refractivity contribution in [3.63, 3.8) is 0 Å². The van der Waals surface area contributed by atoms with Gasteiger partial charge in [-0.05, 0) is 18.9 Å². The topological polar surface area (TPSA) is 84.3 Å². The number of aliphatic hydroxyl groups excluding tert-OH is 1. The standard InChI is InChI=1S/C21H31N3O3.CH4O.CH4/c1-3-8-23-10-9-22(13-14-25)11-12-24(17-21(26)27)20(16-23)15-19-6-4-18(2)5-7-19;1-2;/h3-7,14,20H,1,8-13,15-17H2,2H3,(H,26,27);2H,1H3;1H4. The number of aldehydes is 1. The number of benzene rings is 1. The zero-order valence-corrected chi connectivity index (χ0v) is 17.7. The lowest BCUT2D eigenvalue weighted by atomic mass is 10.0. The number of aliphatic hydroxyl groups is 1. The van der Waals surface area contributed by atoms with Crippen molar-refractivity contribution in [1.82, 2.24) is 14.7 Å². The Morgan fingerprint density at radius 1 is 1.10 bits per heavy atom. The molecule has 0 saturated carbocycles. The Balaban J connectivity index is 0.00000272. The molecule has 1 unspecified atom stereocenters. The van der Waals surface area contributed by atoms with E-state index < -0.39 is 5.97 Å². The van der Waals surface area contributed by atoms with Gasteiger partial charge in [-0.25, -0.2) is 0 Å². The van der Waals surface area contributed by atoms with Crippen molar-refractivity contribution < 1.29 is 19.8 Å². The summed E-state index contributed by atoms with van der Waals surface area (Å²) < 4.78 is 0. The van der Waals surface area contributed by atoms with Crippen molar-refractivity contribution in [2.45, 2.75) is 26.8 Å². The Labute approximate surface area is 181 Å². The molecule has 1 aliphatic rings. The van der Waals surface area contributed by atoms with Gasteiger partial charge in [-0.2, -0.15) is 0 Å². The summed E-state index contributed by atoms with van der Waals surface area (Å²) in [5.74, 6) is -0.819. The Bertz CT molecular complexity index is 621. The van der Waals surface area contributed by atoms with E-state index in [4.69, 9.17) is 5.11 Å². The summed E-state index contributed by atoms with van der Waals surface area (Å²) in [6.45, 7) is 10.8. The average Bonchev–Trinajstić information content (AvgIpc) is 2.77. The average molecular weight is 422 g/mol. The molecule has 1 aliphatic heterocycles. The van der Waals surface area contributed by atoms with Gasteiger partial charge >= 0.3 is 5.97 Å². The van der Waals surface area contributed by atoms with Gasteiger partial charge in [0.25, 0.3) is 0 Å². The van der Waals surface area contributed by atoms with Crippen LogP contribution in [0.25, 0.3) is 0 Å². The van der Waals surface area contributed by atoms with Gasteiger partial charge < -0.3 is 15.0 Å². The highest BCUT2D eigenvalue weighted by Crippen LogP contribution is 2.14. The fourth-order valence-electron chi connectivity index (χ4n) is 3.56. The summed E-state index contributed by atoms with van der Waals surface area (Å²) in [6, 6.07) is 8.54. The minimum absolute atomic E-state index is 0. The number of carboxylic acid groups (broad SMARTS) is 1. The molecule has 0 radical (unpaired) electrons. The molecule has 0 bridgehead atoms. The van der Waals surface area contributed by atoms with E-state index >= 15 is 0 Å². The van der Waals surface area contributed by atoms with Gasteiger partial charge in [0.05, 0.1) is 13.1 Å². The van der Waals surface area contributed by atoms with Gasteiger partial charge in [0.1, 0.15) is 6.29 Å². The number of hydrogen-bond donors (Lipinski definition) is 2. The summed E-state index contributed by atoms with van der Waals surface area (Å²) in [7, 11) is 1.00. The van der Waals surface area contributed by atoms with Crippen molar-refractivity contribution in [3.05, 3.63) is 48.0 Å². The van der Waals surface area contributed by atoms with Gasteiger partial charge in [0.2, 0.25) is 0 Å². The highest BCUT2D eigenvalue weighted by molar-refractivity contribution is 5.69. The van der Waals surface area contributed by atoms with Crippen molar-refractivity contribution in [2.75, 3.05) is 59.5 Å². The van der Waals surface area contributed by atoms with Crippen LogP contribution in [0.2, 0.25) is 0 Å². The van der Waals surface area contributed by atoms with Crippen molar-refractivity contribution in [2.24, 2.45) is 0 Å². The monoisotopic (exact) mass is 421 g/mol. The van der Waals surface area contributed by atoms with Crippen LogP contribution in [-0.4, -0.2) is 103 Å². The highest BCUT2D eigenvalue weighted by Gasteiger charge is 2.26. The lowest BCUT2D eigenvalue weighted by Crippen LogP contribution is -2.48. The summed E-state index contributed by atoms with van der Waals surface area (Å²) >= 11 is 0. The van der Waals surface area contributed by atoms with E-state index in [2.05, 4.69) is 47.6 Å². The van der Waals surface area contributed by atoms with E-state index in [-0.39, 0.29) is 20.0 Å². The van der Waals surface area contributed by atoms with Gasteiger partial charge in [0, 0.05) is 52.4 Å². The molecule has 170 valence electrons. The molecule has 1 saturated heterocycles. The zero-order chi connectivity index (χ0) is 21.6. The van der Waals surface area contributed by atoms with Crippen LogP contribution in [0.5, 0.6) is 0 Å². The maximum absolute atomic E-state index is 11.5. The normalized spacial score (nSPS) is 18.6. The molecule has 2 rings (SSSR count). The van der Waals surface area contributed by atoms with Gasteiger partial charge in [-0.15, -0.1) is 6.58 Å². The number of carboxylic acids is 1. The highest BCUT2D eigenvalue weighted by atomic mass is 16.4. The Morgan fingerprint density at radius 2 is 1.70 bits per heavy atom. The second kappa shape index (κ2) is 15.7. The maximum Gasteiger partial charge on any atom is 0.317 e. The van der Waals surface area contributed by atoms with Crippen LogP contribution >= 0.6 is 0 Å². The summed E-state index contributed by atoms with van der Waals surface area (Å²) in [6.07, 6.45) is 3.60. The van der Waals surface area contributed by atoms with E-state index in [1.807, 2.05) is 11.0 Å². The van der Waals surface area contributed by atoms with Crippen LogP contribution in [0.1, 0.15) is 18.6 Å². The molecule has 30 heavy (non-hydrogen) atoms. The molecule has 0 spiro atoms. The predicted octanol–water partition coefficient (Wildman–Crippen LogP) is 1.54. The minimum Gasteiger partial charge on any atom is -0.480 e. The zero-order valence-electron chi connectivity index (χ0n) is 17.7. The number of hydrogen-bond acceptors (Lipinski definition) is 6. The van der Waals surface area contributed by atoms with Crippen LogP contribution in [0.4, 0.5) is 0 Å². The molecular formula is C23H39N3O4. The van der Waals surface area contributed by atoms with Crippen molar-refractivity contribution in [1.29, 1.82) is 0 Å². The molecule has 1 atom stereocenters.